The van der Waals surface area contributed by atoms with Crippen LogP contribution in [0.1, 0.15) is 77.0 Å². The average Bonchev–Trinajstić information content (AvgIpc) is 3.09. The van der Waals surface area contributed by atoms with E-state index in [4.69, 9.17) is 9.47 Å². The van der Waals surface area contributed by atoms with Gasteiger partial charge in [-0.15, -0.1) is 0 Å². The van der Waals surface area contributed by atoms with Crippen molar-refractivity contribution in [3.8, 4) is 11.5 Å². The summed E-state index contributed by atoms with van der Waals surface area (Å²) in [6, 6.07) is 0. The molecule has 7 atom stereocenters. The summed E-state index contributed by atoms with van der Waals surface area (Å²) in [4.78, 5) is 39.1. The molecule has 0 aromatic heterocycles. The van der Waals surface area contributed by atoms with Crippen molar-refractivity contribution in [2.24, 2.45) is 5.92 Å². The van der Waals surface area contributed by atoms with Crippen LogP contribution in [0.5, 0.6) is 11.5 Å². The van der Waals surface area contributed by atoms with E-state index in [1.165, 1.54) is 6.92 Å². The molecule has 2 fully saturated rings. The van der Waals surface area contributed by atoms with Crippen LogP contribution in [0.4, 0.5) is 0 Å². The zero-order valence-corrected chi connectivity index (χ0v) is 17.4. The highest BCUT2D eigenvalue weighted by atomic mass is 16.6. The molecule has 1 aromatic rings. The van der Waals surface area contributed by atoms with Crippen LogP contribution in [-0.2, 0) is 14.3 Å². The second kappa shape index (κ2) is 5.98. The summed E-state index contributed by atoms with van der Waals surface area (Å²) in [5.41, 5.74) is -2.82. The predicted molar refractivity (Wildman–Crippen MR) is 105 cm³/mol. The van der Waals surface area contributed by atoms with Gasteiger partial charge in [-0.25, -0.2) is 0 Å². The predicted octanol–water partition coefficient (Wildman–Crippen LogP) is 1.17. The topological polar surface area (TPSA) is 151 Å². The Balaban J connectivity index is 1.64. The van der Waals surface area contributed by atoms with Gasteiger partial charge in [-0.05, 0) is 19.3 Å². The first-order chi connectivity index (χ1) is 15.1. The highest BCUT2D eigenvalue weighted by molar-refractivity contribution is 6.30. The van der Waals surface area contributed by atoms with E-state index in [0.29, 0.717) is 6.42 Å². The molecule has 9 nitrogen and oxygen atoms in total. The van der Waals surface area contributed by atoms with Crippen molar-refractivity contribution in [2.45, 2.75) is 69.0 Å². The van der Waals surface area contributed by atoms with Gasteiger partial charge in [-0.2, -0.15) is 0 Å². The van der Waals surface area contributed by atoms with E-state index in [1.54, 1.807) is 6.92 Å². The van der Waals surface area contributed by atoms with Crippen LogP contribution >= 0.6 is 0 Å². The number of carbonyl (C=O) groups is 3. The first-order valence-electron chi connectivity index (χ1n) is 10.8. The Bertz CT molecular complexity index is 1170. The number of aliphatic hydroxyl groups is 2. The van der Waals surface area contributed by atoms with Crippen LogP contribution in [0.15, 0.2) is 11.1 Å². The van der Waals surface area contributed by atoms with Crippen LogP contribution in [-0.4, -0.2) is 61.9 Å². The summed E-state index contributed by atoms with van der Waals surface area (Å²) in [6.45, 7) is 3.31. The van der Waals surface area contributed by atoms with Crippen molar-refractivity contribution in [3.05, 3.63) is 33.4 Å². The number of rotatable bonds is 0. The van der Waals surface area contributed by atoms with Crippen molar-refractivity contribution >= 4 is 17.5 Å². The van der Waals surface area contributed by atoms with Crippen LogP contribution in [0.2, 0.25) is 0 Å². The minimum absolute atomic E-state index is 0.0783. The van der Waals surface area contributed by atoms with Gasteiger partial charge in [0.2, 0.25) is 0 Å². The minimum Gasteiger partial charge on any atom is -0.507 e. The summed E-state index contributed by atoms with van der Waals surface area (Å²) in [7, 11) is 0. The largest absolute Gasteiger partial charge is 0.507 e. The van der Waals surface area contributed by atoms with E-state index >= 15 is 0 Å². The molecule has 9 heteroatoms. The Kier molecular flexibility index (Phi) is 3.72. The van der Waals surface area contributed by atoms with Crippen LogP contribution in [0.3, 0.4) is 0 Å². The number of ether oxygens (including phenoxy) is 2. The lowest BCUT2D eigenvalue weighted by Gasteiger charge is -2.52. The second-order valence-electron chi connectivity index (χ2n) is 9.58. The lowest BCUT2D eigenvalue weighted by Crippen LogP contribution is -2.66. The van der Waals surface area contributed by atoms with E-state index in [0.717, 1.165) is 0 Å². The molecule has 3 heterocycles. The Labute approximate surface area is 182 Å². The Hall–Kier alpha value is -2.75. The Morgan fingerprint density at radius 1 is 0.969 bits per heavy atom. The number of hydrogen-bond donors (Lipinski definition) is 4. The molecule has 0 saturated carbocycles. The number of carbonyl (C=O) groups excluding carboxylic acids is 3. The number of Topliss-reactive ketones (excluding diaryl/α,β-unsaturated/α-hetero) is 2. The Morgan fingerprint density at radius 3 is 2.31 bits per heavy atom. The van der Waals surface area contributed by atoms with Gasteiger partial charge in [0.25, 0.3) is 0 Å². The summed E-state index contributed by atoms with van der Waals surface area (Å²) in [5, 5.41) is 44.2. The normalized spacial score (nSPS) is 39.4. The number of aromatic hydroxyl groups is 2. The maximum atomic E-state index is 13.6. The van der Waals surface area contributed by atoms with E-state index in [1.807, 2.05) is 0 Å². The first kappa shape index (κ1) is 19.9. The Morgan fingerprint density at radius 2 is 1.62 bits per heavy atom. The molecule has 6 aliphatic rings. The summed E-state index contributed by atoms with van der Waals surface area (Å²) in [5.74, 6) is -3.45. The summed E-state index contributed by atoms with van der Waals surface area (Å²) < 4.78 is 11.1. The summed E-state index contributed by atoms with van der Waals surface area (Å²) >= 11 is 0. The average molecular weight is 442 g/mol. The van der Waals surface area contributed by atoms with Gasteiger partial charge in [0.05, 0.1) is 35.9 Å². The van der Waals surface area contributed by atoms with Gasteiger partial charge in [0, 0.05) is 34.6 Å². The zero-order valence-electron chi connectivity index (χ0n) is 17.4. The maximum absolute atomic E-state index is 13.6. The van der Waals surface area contributed by atoms with Crippen LogP contribution in [0.25, 0.3) is 0 Å². The third-order valence-electron chi connectivity index (χ3n) is 7.92. The van der Waals surface area contributed by atoms with Crippen molar-refractivity contribution in [2.75, 3.05) is 0 Å². The van der Waals surface area contributed by atoms with E-state index in [9.17, 15) is 34.8 Å². The van der Waals surface area contributed by atoms with Gasteiger partial charge in [0.1, 0.15) is 23.2 Å². The van der Waals surface area contributed by atoms with Gasteiger partial charge < -0.3 is 29.9 Å². The molecule has 3 aliphatic carbocycles. The van der Waals surface area contributed by atoms with Crippen molar-refractivity contribution < 1.29 is 44.3 Å². The minimum atomic E-state index is -2.11. The quantitative estimate of drug-likeness (QED) is 0.343. The van der Waals surface area contributed by atoms with Crippen LogP contribution in [0, 0.1) is 5.92 Å². The van der Waals surface area contributed by atoms with Crippen molar-refractivity contribution in [3.63, 3.8) is 0 Å². The van der Waals surface area contributed by atoms with Crippen LogP contribution < -0.4 is 0 Å². The zero-order chi connectivity index (χ0) is 22.9. The van der Waals surface area contributed by atoms with E-state index in [2.05, 4.69) is 0 Å². The maximum Gasteiger partial charge on any atom is 0.306 e. The smallest absolute Gasteiger partial charge is 0.306 e. The standard InChI is InChI=1S/C23H22O9/c1-6-3-8-4-11(25)32-22(8)16-12(6)18(26)15-14(20(16)28)19(27)13-9-5-10(24)23(30,7(2)31-9)17(13)21(15)29/h6-10,22,24,26,28,30H,3-5H2,1-2H3. The van der Waals surface area contributed by atoms with Gasteiger partial charge in [0.15, 0.2) is 11.6 Å². The van der Waals surface area contributed by atoms with Gasteiger partial charge in [-0.1, -0.05) is 6.92 Å². The number of fused-ring (bicyclic) bond motifs is 6. The highest BCUT2D eigenvalue weighted by Gasteiger charge is 2.62. The molecule has 0 amide bonds. The number of esters is 1. The fraction of sp³-hybridized carbons (Fsp3) is 0.522. The molecular formula is C23H22O9. The number of benzene rings is 1. The van der Waals surface area contributed by atoms with Crippen molar-refractivity contribution in [1.82, 2.24) is 0 Å². The molecule has 1 aromatic carbocycles. The molecule has 168 valence electrons. The molecular weight excluding hydrogens is 420 g/mol. The number of ketones is 2. The highest BCUT2D eigenvalue weighted by Crippen LogP contribution is 2.58. The number of phenolic OH excluding ortho intramolecular Hbond substituents is 2. The molecule has 2 bridgehead atoms. The molecule has 0 spiro atoms. The monoisotopic (exact) mass is 442 g/mol. The van der Waals surface area contributed by atoms with E-state index in [-0.39, 0.29) is 58.1 Å². The molecule has 7 unspecified atom stereocenters. The van der Waals surface area contributed by atoms with E-state index < -0.39 is 59.1 Å². The number of hydrogen-bond acceptors (Lipinski definition) is 9. The fourth-order valence-corrected chi connectivity index (χ4v) is 6.49. The SMILES string of the molecule is CC1CC2CC(=O)OC2c2c(O)c3c(c(O)c21)C(=O)C1=C(C3=O)C2CC(O)C1(O)C(C)O2. The van der Waals surface area contributed by atoms with Crippen molar-refractivity contribution in [1.29, 1.82) is 0 Å². The lowest BCUT2D eigenvalue weighted by atomic mass is 9.62. The van der Waals surface area contributed by atoms with Gasteiger partial charge in [-0.3, -0.25) is 14.4 Å². The molecule has 3 aliphatic heterocycles. The first-order valence-corrected chi connectivity index (χ1v) is 10.8. The molecule has 0 radical (unpaired) electrons. The molecule has 4 N–H and O–H groups in total. The molecule has 32 heavy (non-hydrogen) atoms. The third kappa shape index (κ3) is 2.07. The number of aliphatic hydroxyl groups excluding tert-OH is 1. The third-order valence-corrected chi connectivity index (χ3v) is 7.92. The second-order valence-corrected chi connectivity index (χ2v) is 9.58. The lowest BCUT2D eigenvalue weighted by molar-refractivity contribution is -0.207. The number of phenols is 2. The fourth-order valence-electron chi connectivity index (χ4n) is 6.49. The molecule has 7 rings (SSSR count). The summed E-state index contributed by atoms with van der Waals surface area (Å²) in [6.07, 6.45) is -3.41. The van der Waals surface area contributed by atoms with Gasteiger partial charge >= 0.3 is 5.97 Å². The molecule has 2 saturated heterocycles.